The smallest absolute Gasteiger partial charge is 0.243 e. The fourth-order valence-corrected chi connectivity index (χ4v) is 4.18. The van der Waals surface area contributed by atoms with Gasteiger partial charge in [0, 0.05) is 31.7 Å². The minimum Gasteiger partial charge on any atom is -0.384 e. The van der Waals surface area contributed by atoms with Crippen LogP contribution in [0.25, 0.3) is 0 Å². The Morgan fingerprint density at radius 2 is 1.85 bits per heavy atom. The molecule has 8 heteroatoms. The van der Waals surface area contributed by atoms with Gasteiger partial charge in [-0.15, -0.1) is 0 Å². The number of methoxy groups -OCH3 is 1. The van der Waals surface area contributed by atoms with Gasteiger partial charge in [-0.1, -0.05) is 54.6 Å². The Labute approximate surface area is 194 Å². The summed E-state index contributed by atoms with van der Waals surface area (Å²) < 4.78 is 5.28. The second-order valence-corrected chi connectivity index (χ2v) is 8.52. The molecule has 0 unspecified atom stereocenters. The molecule has 0 saturated carbocycles. The van der Waals surface area contributed by atoms with Gasteiger partial charge in [-0.2, -0.15) is 0 Å². The first-order valence-corrected chi connectivity index (χ1v) is 11.2. The molecule has 3 atom stereocenters. The van der Waals surface area contributed by atoms with Crippen LogP contribution in [-0.2, 0) is 27.3 Å². The van der Waals surface area contributed by atoms with E-state index >= 15 is 0 Å². The molecule has 0 spiro atoms. The average Bonchev–Trinajstić information content (AvgIpc) is 3.25. The normalized spacial score (nSPS) is 18.7. The molecule has 0 bridgehead atoms. The number of ether oxygens (including phenoxy) is 1. The highest BCUT2D eigenvalue weighted by Crippen LogP contribution is 2.25. The molecule has 1 saturated heterocycles. The standard InChI is InChI=1S/C25H33N5O3/c1-33-16-19-13-22(24(31)29-14-18-7-10-20(11-8-18)23(27)28)30(15-19)25(32)21(26)12-9-17-5-3-2-4-6-17/h2-8,10-11,19,21-22H,9,12-16,26H2,1H3,(H3,27,28)(H,29,31)/t19-,21+,22-/m0/s1. The SMILES string of the molecule is COC[C@H]1C[C@@H](C(=O)NCc2ccc(C(=N)N)cc2)N(C(=O)[C@H](N)CCc2ccccc2)C1. The number of nitrogens with zero attached hydrogens (tertiary/aromatic N) is 1. The summed E-state index contributed by atoms with van der Waals surface area (Å²) in [6.07, 6.45) is 1.77. The van der Waals surface area contributed by atoms with Crippen molar-refractivity contribution in [2.24, 2.45) is 17.4 Å². The Balaban J connectivity index is 1.61. The third kappa shape index (κ3) is 6.63. The highest BCUT2D eigenvalue weighted by Gasteiger charge is 2.40. The highest BCUT2D eigenvalue weighted by atomic mass is 16.5. The number of carbonyl (C=O) groups is 2. The van der Waals surface area contributed by atoms with Gasteiger partial charge >= 0.3 is 0 Å². The number of benzene rings is 2. The van der Waals surface area contributed by atoms with Crippen LogP contribution in [0.3, 0.4) is 0 Å². The summed E-state index contributed by atoms with van der Waals surface area (Å²) in [6.45, 7) is 1.26. The van der Waals surface area contributed by atoms with Crippen molar-refractivity contribution in [3.05, 3.63) is 71.3 Å². The Morgan fingerprint density at radius 1 is 1.15 bits per heavy atom. The van der Waals surface area contributed by atoms with Crippen LogP contribution < -0.4 is 16.8 Å². The predicted octanol–water partition coefficient (Wildman–Crippen LogP) is 1.41. The predicted molar refractivity (Wildman–Crippen MR) is 128 cm³/mol. The molecule has 2 aromatic carbocycles. The lowest BCUT2D eigenvalue weighted by atomic mass is 10.0. The summed E-state index contributed by atoms with van der Waals surface area (Å²) in [6, 6.07) is 15.8. The quantitative estimate of drug-likeness (QED) is 0.320. The highest BCUT2D eigenvalue weighted by molar-refractivity contribution is 5.95. The maximum atomic E-state index is 13.2. The lowest BCUT2D eigenvalue weighted by molar-refractivity contribution is -0.139. The maximum Gasteiger partial charge on any atom is 0.243 e. The summed E-state index contributed by atoms with van der Waals surface area (Å²) >= 11 is 0. The van der Waals surface area contributed by atoms with E-state index in [4.69, 9.17) is 21.6 Å². The van der Waals surface area contributed by atoms with E-state index in [-0.39, 0.29) is 23.6 Å². The van der Waals surface area contributed by atoms with Crippen LogP contribution in [-0.4, -0.2) is 54.9 Å². The first-order valence-electron chi connectivity index (χ1n) is 11.2. The van der Waals surface area contributed by atoms with Gasteiger partial charge in [-0.25, -0.2) is 0 Å². The molecule has 33 heavy (non-hydrogen) atoms. The molecule has 176 valence electrons. The molecule has 8 nitrogen and oxygen atoms in total. The molecule has 3 rings (SSSR count). The van der Waals surface area contributed by atoms with E-state index in [2.05, 4.69) is 5.32 Å². The molecule has 0 aromatic heterocycles. The fraction of sp³-hybridized carbons (Fsp3) is 0.400. The van der Waals surface area contributed by atoms with Crippen molar-refractivity contribution < 1.29 is 14.3 Å². The van der Waals surface area contributed by atoms with Gasteiger partial charge in [0.2, 0.25) is 11.8 Å². The molecule has 0 aliphatic carbocycles. The lowest BCUT2D eigenvalue weighted by Crippen LogP contribution is -2.51. The first-order chi connectivity index (χ1) is 15.9. The zero-order valence-electron chi connectivity index (χ0n) is 19.0. The van der Waals surface area contributed by atoms with E-state index in [0.717, 1.165) is 11.1 Å². The van der Waals surface area contributed by atoms with E-state index in [0.29, 0.717) is 44.5 Å². The number of aryl methyl sites for hydroxylation is 1. The van der Waals surface area contributed by atoms with Crippen LogP contribution in [0.4, 0.5) is 0 Å². The summed E-state index contributed by atoms with van der Waals surface area (Å²) in [7, 11) is 1.62. The number of likely N-dealkylation sites (tertiary alicyclic amines) is 1. The van der Waals surface area contributed by atoms with E-state index in [1.54, 1.807) is 24.1 Å². The van der Waals surface area contributed by atoms with Gasteiger partial charge in [0.05, 0.1) is 12.6 Å². The summed E-state index contributed by atoms with van der Waals surface area (Å²) in [5.41, 5.74) is 14.4. The van der Waals surface area contributed by atoms with Crippen LogP contribution in [0.2, 0.25) is 0 Å². The van der Waals surface area contributed by atoms with E-state index in [1.165, 1.54) is 0 Å². The van der Waals surface area contributed by atoms with Crippen molar-refractivity contribution in [1.29, 1.82) is 5.41 Å². The molecule has 2 amide bonds. The van der Waals surface area contributed by atoms with Gasteiger partial charge in [0.1, 0.15) is 11.9 Å². The summed E-state index contributed by atoms with van der Waals surface area (Å²) in [5, 5.41) is 10.4. The molecule has 1 heterocycles. The maximum absolute atomic E-state index is 13.2. The summed E-state index contributed by atoms with van der Waals surface area (Å²) in [5.74, 6) is -0.312. The Bertz CT molecular complexity index is 948. The van der Waals surface area contributed by atoms with Crippen LogP contribution in [0.5, 0.6) is 0 Å². The topological polar surface area (TPSA) is 135 Å². The number of nitrogens with one attached hydrogen (secondary N) is 2. The van der Waals surface area contributed by atoms with Crippen molar-refractivity contribution in [3.63, 3.8) is 0 Å². The van der Waals surface area contributed by atoms with Crippen molar-refractivity contribution in [3.8, 4) is 0 Å². The van der Waals surface area contributed by atoms with Crippen LogP contribution in [0.1, 0.15) is 29.5 Å². The van der Waals surface area contributed by atoms with Crippen LogP contribution in [0, 0.1) is 11.3 Å². The molecule has 1 aliphatic rings. The Morgan fingerprint density at radius 3 is 2.48 bits per heavy atom. The van der Waals surface area contributed by atoms with Gasteiger partial charge in [0.25, 0.3) is 0 Å². The fourth-order valence-electron chi connectivity index (χ4n) is 4.18. The molecular formula is C25H33N5O3. The number of amidine groups is 1. The molecule has 1 aliphatic heterocycles. The van der Waals surface area contributed by atoms with Crippen molar-refractivity contribution >= 4 is 17.6 Å². The number of amides is 2. The zero-order chi connectivity index (χ0) is 23.8. The van der Waals surface area contributed by atoms with Crippen molar-refractivity contribution in [1.82, 2.24) is 10.2 Å². The average molecular weight is 452 g/mol. The number of nitrogens with two attached hydrogens (primary N) is 2. The number of rotatable bonds is 10. The van der Waals surface area contributed by atoms with Crippen LogP contribution in [0.15, 0.2) is 54.6 Å². The lowest BCUT2D eigenvalue weighted by Gasteiger charge is -2.27. The molecule has 1 fully saturated rings. The molecule has 6 N–H and O–H groups in total. The molecule has 2 aromatic rings. The third-order valence-electron chi connectivity index (χ3n) is 6.01. The van der Waals surface area contributed by atoms with Gasteiger partial charge < -0.3 is 26.4 Å². The van der Waals surface area contributed by atoms with Gasteiger partial charge in [0.15, 0.2) is 0 Å². The third-order valence-corrected chi connectivity index (χ3v) is 6.01. The van der Waals surface area contributed by atoms with E-state index in [1.807, 2.05) is 42.5 Å². The number of hydrogen-bond donors (Lipinski definition) is 4. The minimum absolute atomic E-state index is 0.00140. The van der Waals surface area contributed by atoms with Gasteiger partial charge in [-0.3, -0.25) is 15.0 Å². The molecular weight excluding hydrogens is 418 g/mol. The summed E-state index contributed by atoms with van der Waals surface area (Å²) in [4.78, 5) is 27.8. The zero-order valence-corrected chi connectivity index (χ0v) is 19.0. The largest absolute Gasteiger partial charge is 0.384 e. The first kappa shape index (κ1) is 24.4. The van der Waals surface area contributed by atoms with Crippen molar-refractivity contribution in [2.75, 3.05) is 20.3 Å². The minimum atomic E-state index is -0.666. The molecule has 0 radical (unpaired) electrons. The van der Waals surface area contributed by atoms with E-state index < -0.39 is 12.1 Å². The Hall–Kier alpha value is -3.23. The Kier molecular flexibility index (Phi) is 8.57. The second-order valence-electron chi connectivity index (χ2n) is 8.52. The number of hydrogen-bond acceptors (Lipinski definition) is 5. The number of nitrogen functional groups attached to an aromatic ring is 1. The second kappa shape index (κ2) is 11.6. The van der Waals surface area contributed by atoms with Crippen LogP contribution >= 0.6 is 0 Å². The van der Waals surface area contributed by atoms with Crippen molar-refractivity contribution in [2.45, 2.75) is 37.9 Å². The monoisotopic (exact) mass is 451 g/mol. The number of carbonyl (C=O) groups excluding carboxylic acids is 2. The van der Waals surface area contributed by atoms with E-state index in [9.17, 15) is 9.59 Å². The van der Waals surface area contributed by atoms with Gasteiger partial charge in [-0.05, 0) is 30.4 Å².